The van der Waals surface area contributed by atoms with Crippen molar-refractivity contribution in [1.29, 1.82) is 0 Å². The predicted molar refractivity (Wildman–Crippen MR) is 127 cm³/mol. The minimum Gasteiger partial charge on any atom is -0.438 e. The van der Waals surface area contributed by atoms with Crippen LogP contribution >= 0.6 is 0 Å². The summed E-state index contributed by atoms with van der Waals surface area (Å²) in [7, 11) is 2.11. The minimum absolute atomic E-state index is 0.0627. The lowest BCUT2D eigenvalue weighted by molar-refractivity contribution is -0.131. The molecule has 1 fully saturated rings. The molecule has 0 unspecified atom stereocenters. The van der Waals surface area contributed by atoms with Gasteiger partial charge in [0.25, 0.3) is 0 Å². The number of ether oxygens (including phenoxy) is 1. The Labute approximate surface area is 198 Å². The Kier molecular flexibility index (Phi) is 6.40. The highest BCUT2D eigenvalue weighted by Crippen LogP contribution is 2.32. The molecule has 0 atom stereocenters. The molecule has 34 heavy (non-hydrogen) atoms. The van der Waals surface area contributed by atoms with Crippen molar-refractivity contribution in [2.24, 2.45) is 0 Å². The molecule has 3 heterocycles. The van der Waals surface area contributed by atoms with E-state index in [1.165, 1.54) is 12.1 Å². The van der Waals surface area contributed by atoms with Crippen LogP contribution in [0.4, 0.5) is 10.3 Å². The third-order valence-corrected chi connectivity index (χ3v) is 6.38. The number of piperazine rings is 1. The molecule has 176 valence electrons. The fourth-order valence-corrected chi connectivity index (χ4v) is 4.31. The van der Waals surface area contributed by atoms with Crippen LogP contribution in [0, 0.1) is 5.82 Å². The van der Waals surface area contributed by atoms with Gasteiger partial charge in [-0.1, -0.05) is 30.3 Å². The summed E-state index contributed by atoms with van der Waals surface area (Å²) in [6.07, 6.45) is 0.990. The first-order valence-electron chi connectivity index (χ1n) is 11.6. The van der Waals surface area contributed by atoms with Crippen molar-refractivity contribution < 1.29 is 13.9 Å². The number of fused-ring (bicyclic) bond motifs is 1. The Morgan fingerprint density at radius 1 is 0.971 bits per heavy atom. The van der Waals surface area contributed by atoms with Crippen molar-refractivity contribution in [3.05, 3.63) is 77.2 Å². The van der Waals surface area contributed by atoms with Crippen molar-refractivity contribution in [1.82, 2.24) is 19.8 Å². The number of nitrogens with zero attached hydrogens (tertiary/aromatic N) is 5. The number of carbonyl (C=O) groups is 1. The van der Waals surface area contributed by atoms with E-state index in [0.29, 0.717) is 43.5 Å². The summed E-state index contributed by atoms with van der Waals surface area (Å²) in [5.74, 6) is 1.32. The summed E-state index contributed by atoms with van der Waals surface area (Å²) in [6, 6.07) is 15.6. The molecule has 2 aromatic carbocycles. The fourth-order valence-electron chi connectivity index (χ4n) is 4.31. The van der Waals surface area contributed by atoms with Crippen molar-refractivity contribution >= 4 is 11.9 Å². The minimum atomic E-state index is -0.326. The molecule has 1 amide bonds. The fraction of sp³-hybridized carbons (Fsp3) is 0.346. The van der Waals surface area contributed by atoms with E-state index in [4.69, 9.17) is 14.7 Å². The number of aromatic nitrogens is 2. The van der Waals surface area contributed by atoms with Gasteiger partial charge in [0.05, 0.1) is 24.2 Å². The average Bonchev–Trinajstić information content (AvgIpc) is 2.86. The molecular formula is C26H28FN5O2. The molecule has 1 saturated heterocycles. The van der Waals surface area contributed by atoms with Crippen LogP contribution in [0.2, 0.25) is 0 Å². The zero-order valence-corrected chi connectivity index (χ0v) is 19.3. The first-order valence-corrected chi connectivity index (χ1v) is 11.6. The summed E-state index contributed by atoms with van der Waals surface area (Å²) in [4.78, 5) is 29.0. The van der Waals surface area contributed by atoms with Crippen LogP contribution in [0.15, 0.2) is 54.6 Å². The van der Waals surface area contributed by atoms with Gasteiger partial charge in [-0.25, -0.2) is 9.37 Å². The van der Waals surface area contributed by atoms with Gasteiger partial charge in [-0.2, -0.15) is 4.98 Å². The van der Waals surface area contributed by atoms with E-state index in [0.717, 1.165) is 43.0 Å². The van der Waals surface area contributed by atoms with E-state index in [1.807, 2.05) is 35.2 Å². The lowest BCUT2D eigenvalue weighted by atomic mass is 10.0. The van der Waals surface area contributed by atoms with Crippen molar-refractivity contribution in [3.8, 4) is 11.6 Å². The van der Waals surface area contributed by atoms with Crippen LogP contribution in [0.1, 0.15) is 16.8 Å². The lowest BCUT2D eigenvalue weighted by Crippen LogP contribution is -2.45. The van der Waals surface area contributed by atoms with Crippen LogP contribution in [0.5, 0.6) is 11.6 Å². The van der Waals surface area contributed by atoms with Crippen LogP contribution < -0.4 is 9.64 Å². The number of carbonyl (C=O) groups excluding carboxylic acids is 1. The molecule has 8 heteroatoms. The zero-order chi connectivity index (χ0) is 23.5. The molecule has 5 rings (SSSR count). The standard InChI is InChI=1S/C26H28FN5O2/c1-30-13-15-31(16-14-30)26-28-23-11-12-32(24(33)17-19-5-3-2-4-6-19)18-22(23)25(29-26)34-21-9-7-20(27)8-10-21/h2-10H,11-18H2,1H3. The third-order valence-electron chi connectivity index (χ3n) is 6.38. The largest absolute Gasteiger partial charge is 0.438 e. The van der Waals surface area contributed by atoms with E-state index in [2.05, 4.69) is 16.8 Å². The van der Waals surface area contributed by atoms with Crippen molar-refractivity contribution in [3.63, 3.8) is 0 Å². The monoisotopic (exact) mass is 461 g/mol. The highest BCUT2D eigenvalue weighted by molar-refractivity contribution is 5.79. The van der Waals surface area contributed by atoms with Gasteiger partial charge in [-0.05, 0) is 36.9 Å². The van der Waals surface area contributed by atoms with Gasteiger partial charge < -0.3 is 19.4 Å². The summed E-state index contributed by atoms with van der Waals surface area (Å²) < 4.78 is 19.6. The molecular weight excluding hydrogens is 433 g/mol. The first kappa shape index (κ1) is 22.3. The lowest BCUT2D eigenvalue weighted by Gasteiger charge is -2.34. The third kappa shape index (κ3) is 5.02. The number of amides is 1. The second-order valence-corrected chi connectivity index (χ2v) is 8.83. The number of likely N-dealkylation sites (N-methyl/N-ethyl adjacent to an activating group) is 1. The SMILES string of the molecule is CN1CCN(c2nc3c(c(Oc4ccc(F)cc4)n2)CN(C(=O)Cc2ccccc2)CC3)CC1. The zero-order valence-electron chi connectivity index (χ0n) is 19.3. The molecule has 2 aliphatic heterocycles. The summed E-state index contributed by atoms with van der Waals surface area (Å²) in [5.41, 5.74) is 2.71. The van der Waals surface area contributed by atoms with E-state index in [1.54, 1.807) is 12.1 Å². The van der Waals surface area contributed by atoms with Crippen LogP contribution in [0.25, 0.3) is 0 Å². The summed E-state index contributed by atoms with van der Waals surface area (Å²) in [6.45, 7) is 4.56. The van der Waals surface area contributed by atoms with Gasteiger partial charge in [0.1, 0.15) is 11.6 Å². The molecule has 1 aromatic heterocycles. The van der Waals surface area contributed by atoms with E-state index in [-0.39, 0.29) is 11.7 Å². The molecule has 0 radical (unpaired) electrons. The summed E-state index contributed by atoms with van der Waals surface area (Å²) >= 11 is 0. The van der Waals surface area contributed by atoms with Crippen molar-refractivity contribution in [2.75, 3.05) is 44.7 Å². The van der Waals surface area contributed by atoms with E-state index < -0.39 is 0 Å². The maximum Gasteiger partial charge on any atom is 0.229 e. The predicted octanol–water partition coefficient (Wildman–Crippen LogP) is 3.29. The number of hydrogen-bond acceptors (Lipinski definition) is 6. The molecule has 2 aliphatic rings. The quantitative estimate of drug-likeness (QED) is 0.581. The highest BCUT2D eigenvalue weighted by atomic mass is 19.1. The normalized spacial score (nSPS) is 16.3. The van der Waals surface area contributed by atoms with Crippen LogP contribution in [-0.2, 0) is 24.2 Å². The average molecular weight is 462 g/mol. The van der Waals surface area contributed by atoms with E-state index in [9.17, 15) is 9.18 Å². The maximum absolute atomic E-state index is 13.4. The number of hydrogen-bond donors (Lipinski definition) is 0. The Balaban J connectivity index is 1.42. The molecule has 0 spiro atoms. The Morgan fingerprint density at radius 2 is 1.71 bits per heavy atom. The Morgan fingerprint density at radius 3 is 2.44 bits per heavy atom. The Bertz CT molecular complexity index is 1150. The van der Waals surface area contributed by atoms with Gasteiger partial charge in [0.15, 0.2) is 0 Å². The van der Waals surface area contributed by atoms with Gasteiger partial charge in [-0.15, -0.1) is 0 Å². The topological polar surface area (TPSA) is 61.8 Å². The van der Waals surface area contributed by atoms with Gasteiger partial charge in [0, 0.05) is 39.1 Å². The molecule has 0 N–H and O–H groups in total. The smallest absolute Gasteiger partial charge is 0.229 e. The Hall–Kier alpha value is -3.52. The van der Waals surface area contributed by atoms with Gasteiger partial charge in [-0.3, -0.25) is 4.79 Å². The summed E-state index contributed by atoms with van der Waals surface area (Å²) in [5, 5.41) is 0. The molecule has 0 bridgehead atoms. The second kappa shape index (κ2) is 9.77. The first-order chi connectivity index (χ1) is 16.5. The van der Waals surface area contributed by atoms with Crippen molar-refractivity contribution in [2.45, 2.75) is 19.4 Å². The molecule has 3 aromatic rings. The number of halogens is 1. The number of benzene rings is 2. The maximum atomic E-state index is 13.4. The van der Waals surface area contributed by atoms with Crippen LogP contribution in [0.3, 0.4) is 0 Å². The molecule has 7 nitrogen and oxygen atoms in total. The molecule has 0 aliphatic carbocycles. The van der Waals surface area contributed by atoms with Gasteiger partial charge >= 0.3 is 0 Å². The number of anilines is 1. The van der Waals surface area contributed by atoms with E-state index >= 15 is 0 Å². The highest BCUT2D eigenvalue weighted by Gasteiger charge is 2.28. The second-order valence-electron chi connectivity index (χ2n) is 8.83. The van der Waals surface area contributed by atoms with Gasteiger partial charge in [0.2, 0.25) is 17.7 Å². The number of rotatable bonds is 5. The molecule has 0 saturated carbocycles. The van der Waals surface area contributed by atoms with Crippen LogP contribution in [-0.4, -0.2) is 65.4 Å².